The molecule has 0 amide bonds. The lowest BCUT2D eigenvalue weighted by atomic mass is 9.83. The quantitative estimate of drug-likeness (QED) is 0.885. The van der Waals surface area contributed by atoms with Crippen molar-refractivity contribution >= 4 is 5.95 Å². The van der Waals surface area contributed by atoms with Crippen LogP contribution in [0.4, 0.5) is 14.7 Å². The van der Waals surface area contributed by atoms with Gasteiger partial charge in [-0.2, -0.15) is 0 Å². The molecule has 0 aliphatic heterocycles. The molecule has 4 nitrogen and oxygen atoms in total. The third kappa shape index (κ3) is 6.75. The van der Waals surface area contributed by atoms with E-state index in [1.807, 2.05) is 0 Å². The van der Waals surface area contributed by atoms with Gasteiger partial charge in [-0.25, -0.2) is 18.7 Å². The molecule has 0 spiro atoms. The van der Waals surface area contributed by atoms with Gasteiger partial charge >= 0.3 is 0 Å². The van der Waals surface area contributed by atoms with Gasteiger partial charge in [0.25, 0.3) is 0 Å². The number of rotatable bonds is 3. The van der Waals surface area contributed by atoms with Gasteiger partial charge in [0.2, 0.25) is 5.95 Å². The second-order valence-corrected chi connectivity index (χ2v) is 4.56. The number of hydrogen-bond donors (Lipinski definition) is 1. The fourth-order valence-corrected chi connectivity index (χ4v) is 1.79. The van der Waals surface area contributed by atoms with Crippen molar-refractivity contribution in [1.82, 2.24) is 15.0 Å². The van der Waals surface area contributed by atoms with Crippen LogP contribution in [0.1, 0.15) is 12.8 Å². The number of anilines is 1. The van der Waals surface area contributed by atoms with Gasteiger partial charge in [-0.1, -0.05) is 0 Å². The van der Waals surface area contributed by atoms with Gasteiger partial charge in [0.15, 0.2) is 0 Å². The molecule has 2 aromatic heterocycles. The molecule has 0 bridgehead atoms. The average molecular weight is 304 g/mol. The molecule has 1 aliphatic carbocycles. The van der Waals surface area contributed by atoms with Crippen LogP contribution >= 0.6 is 0 Å². The highest BCUT2D eigenvalue weighted by atomic mass is 19.1. The van der Waals surface area contributed by atoms with Crippen molar-refractivity contribution in [2.24, 2.45) is 5.92 Å². The second-order valence-electron chi connectivity index (χ2n) is 4.56. The van der Waals surface area contributed by atoms with E-state index in [1.54, 1.807) is 24.5 Å². The molecule has 0 saturated heterocycles. The van der Waals surface area contributed by atoms with Crippen molar-refractivity contribution in [2.75, 3.05) is 11.9 Å². The highest BCUT2D eigenvalue weighted by molar-refractivity contribution is 5.22. The van der Waals surface area contributed by atoms with Crippen molar-refractivity contribution in [3.05, 3.63) is 48.8 Å². The highest BCUT2D eigenvalue weighted by Crippen LogP contribution is 2.29. The summed E-state index contributed by atoms with van der Waals surface area (Å²) in [5.41, 5.74) is 0. The number of nitrogens with one attached hydrogen (secondary N) is 1. The van der Waals surface area contributed by atoms with Crippen molar-refractivity contribution < 1.29 is 8.78 Å². The zero-order valence-corrected chi connectivity index (χ0v) is 12.1. The Labute approximate surface area is 129 Å². The maximum Gasteiger partial charge on any atom is 0.222 e. The fourth-order valence-electron chi connectivity index (χ4n) is 1.79. The summed E-state index contributed by atoms with van der Waals surface area (Å²) in [4.78, 5) is 11.5. The summed E-state index contributed by atoms with van der Waals surface area (Å²) in [5, 5.41) is 3.08. The lowest BCUT2D eigenvalue weighted by Gasteiger charge is -2.29. The van der Waals surface area contributed by atoms with E-state index in [-0.39, 0.29) is 5.82 Å². The van der Waals surface area contributed by atoms with Gasteiger partial charge in [0.05, 0.1) is 6.20 Å². The molecule has 0 aromatic carbocycles. The fraction of sp³-hybridized carbons (Fsp3) is 0.312. The smallest absolute Gasteiger partial charge is 0.222 e. The first-order chi connectivity index (χ1) is 10.7. The first kappa shape index (κ1) is 17.5. The third-order valence-electron chi connectivity index (χ3n) is 2.92. The monoisotopic (exact) mass is 304 g/mol. The molecule has 1 saturated carbocycles. The molecule has 1 N–H and O–H groups in total. The Morgan fingerprint density at radius 3 is 2.27 bits per heavy atom. The van der Waals surface area contributed by atoms with Crippen LogP contribution in [0.2, 0.25) is 0 Å². The molecule has 116 valence electrons. The maximum atomic E-state index is 12.4. The van der Waals surface area contributed by atoms with Crippen LogP contribution < -0.4 is 5.32 Å². The first-order valence-electron chi connectivity index (χ1n) is 6.78. The van der Waals surface area contributed by atoms with E-state index >= 15 is 0 Å². The Morgan fingerprint density at radius 1 is 1.14 bits per heavy atom. The summed E-state index contributed by atoms with van der Waals surface area (Å²) in [6, 6.07) is 4.68. The van der Waals surface area contributed by atoms with Gasteiger partial charge in [-0.05, 0) is 37.0 Å². The molecule has 0 unspecified atom stereocenters. The van der Waals surface area contributed by atoms with Gasteiger partial charge in [0, 0.05) is 25.1 Å². The molecular weight excluding hydrogens is 286 g/mol. The van der Waals surface area contributed by atoms with Crippen molar-refractivity contribution in [3.8, 4) is 12.8 Å². The Morgan fingerprint density at radius 2 is 1.82 bits per heavy atom. The predicted octanol–water partition coefficient (Wildman–Crippen LogP) is 3.11. The van der Waals surface area contributed by atoms with Crippen LogP contribution in [0.3, 0.4) is 0 Å². The van der Waals surface area contributed by atoms with E-state index < -0.39 is 6.17 Å². The summed E-state index contributed by atoms with van der Waals surface area (Å²) in [7, 11) is 0. The number of hydrogen-bond acceptors (Lipinski definition) is 4. The Bertz CT molecular complexity index is 528. The summed E-state index contributed by atoms with van der Waals surface area (Å²) < 4.78 is 24.3. The molecule has 0 radical (unpaired) electrons. The largest absolute Gasteiger partial charge is 0.354 e. The molecule has 6 heteroatoms. The number of terminal acetylenes is 1. The van der Waals surface area contributed by atoms with Crippen molar-refractivity contribution in [1.29, 1.82) is 0 Å². The van der Waals surface area contributed by atoms with E-state index in [0.717, 1.165) is 6.54 Å². The standard InChI is InChI=1S/C9H12FN3.C5H4FN.C2H2/c10-8-4-7(5-8)6-13-9-11-2-1-3-12-9;6-5-2-1-3-7-4-5;1-2/h1-3,7-8H,4-6H2,(H,11,12,13);1-4H;1-2H. The molecule has 22 heavy (non-hydrogen) atoms. The van der Waals surface area contributed by atoms with Crippen LogP contribution in [-0.4, -0.2) is 27.7 Å². The van der Waals surface area contributed by atoms with Crippen LogP contribution in [0.25, 0.3) is 0 Å². The van der Waals surface area contributed by atoms with Gasteiger partial charge in [-0.3, -0.25) is 4.98 Å². The normalized spacial score (nSPS) is 18.5. The predicted molar refractivity (Wildman–Crippen MR) is 82.2 cm³/mol. The topological polar surface area (TPSA) is 50.7 Å². The van der Waals surface area contributed by atoms with E-state index in [4.69, 9.17) is 0 Å². The first-order valence-corrected chi connectivity index (χ1v) is 6.78. The van der Waals surface area contributed by atoms with E-state index in [0.29, 0.717) is 24.7 Å². The molecular formula is C16H18F2N4. The van der Waals surface area contributed by atoms with Crippen molar-refractivity contribution in [3.63, 3.8) is 0 Å². The minimum atomic E-state index is -0.580. The molecule has 2 heterocycles. The number of halogens is 2. The van der Waals surface area contributed by atoms with Crippen LogP contribution in [0.5, 0.6) is 0 Å². The van der Waals surface area contributed by atoms with Crippen LogP contribution in [-0.2, 0) is 0 Å². The van der Waals surface area contributed by atoms with Gasteiger partial charge in [-0.15, -0.1) is 12.8 Å². The van der Waals surface area contributed by atoms with Gasteiger partial charge < -0.3 is 5.32 Å². The maximum absolute atomic E-state index is 12.4. The van der Waals surface area contributed by atoms with E-state index in [9.17, 15) is 8.78 Å². The van der Waals surface area contributed by atoms with E-state index in [1.165, 1.54) is 18.5 Å². The average Bonchev–Trinajstić information content (AvgIpc) is 2.55. The number of nitrogens with zero attached hydrogens (tertiary/aromatic N) is 3. The summed E-state index contributed by atoms with van der Waals surface area (Å²) in [5.74, 6) is 0.797. The zero-order chi connectivity index (χ0) is 16.2. The zero-order valence-electron chi connectivity index (χ0n) is 12.1. The second kappa shape index (κ2) is 10.2. The molecule has 1 aliphatic rings. The molecule has 1 fully saturated rings. The minimum absolute atomic E-state index is 0.289. The number of alkyl halides is 1. The summed E-state index contributed by atoms with van der Waals surface area (Å²) >= 11 is 0. The Balaban J connectivity index is 0.000000228. The van der Waals surface area contributed by atoms with Gasteiger partial charge in [0.1, 0.15) is 12.0 Å². The number of aromatic nitrogens is 3. The SMILES string of the molecule is C#C.FC1CC(CNc2ncccn2)C1.Fc1cccnc1. The summed E-state index contributed by atoms with van der Waals surface area (Å²) in [6.07, 6.45) is 14.9. The van der Waals surface area contributed by atoms with Crippen molar-refractivity contribution in [2.45, 2.75) is 19.0 Å². The molecule has 0 atom stereocenters. The lowest BCUT2D eigenvalue weighted by Crippen LogP contribution is -2.30. The number of pyridine rings is 1. The molecule has 2 aromatic rings. The molecule has 3 rings (SSSR count). The van der Waals surface area contributed by atoms with E-state index in [2.05, 4.69) is 33.1 Å². The Kier molecular flexibility index (Phi) is 8.13. The highest BCUT2D eigenvalue weighted by Gasteiger charge is 2.28. The Hall–Kier alpha value is -2.55. The third-order valence-corrected chi connectivity index (χ3v) is 2.92. The van der Waals surface area contributed by atoms with Crippen LogP contribution in [0.15, 0.2) is 43.0 Å². The van der Waals surface area contributed by atoms with Crippen LogP contribution in [0, 0.1) is 24.6 Å². The lowest BCUT2D eigenvalue weighted by molar-refractivity contribution is 0.140. The minimum Gasteiger partial charge on any atom is -0.354 e. The summed E-state index contributed by atoms with van der Waals surface area (Å²) in [6.45, 7) is 0.782.